The smallest absolute Gasteiger partial charge is 0.165 e. The number of nitrogens with zero attached hydrogens (tertiary/aromatic N) is 3. The van der Waals surface area contributed by atoms with E-state index in [-0.39, 0.29) is 5.50 Å². The highest BCUT2D eigenvalue weighted by atomic mass is 35.5. The van der Waals surface area contributed by atoms with E-state index in [9.17, 15) is 0 Å². The second-order valence-electron chi connectivity index (χ2n) is 2.47. The minimum absolute atomic E-state index is 0.0765. The summed E-state index contributed by atoms with van der Waals surface area (Å²) < 4.78 is 3.82. The molecule has 66 valence electrons. The van der Waals surface area contributed by atoms with Gasteiger partial charge in [-0.1, -0.05) is 16.1 Å². The highest BCUT2D eigenvalue weighted by Crippen LogP contribution is 2.24. The molecule has 0 aromatic carbocycles. The standard InChI is InChI=1S/C6H8ClN3S2/c7-5-3-11-2-1-10(5)6-4-12-9-8-6/h4-5H,1-3H2. The molecule has 3 nitrogen and oxygen atoms in total. The molecule has 2 rings (SSSR count). The van der Waals surface area contributed by atoms with Crippen LogP contribution in [0.2, 0.25) is 0 Å². The fraction of sp³-hybridized carbons (Fsp3) is 0.667. The van der Waals surface area contributed by atoms with Gasteiger partial charge in [0.25, 0.3) is 0 Å². The summed E-state index contributed by atoms with van der Waals surface area (Å²) in [6.07, 6.45) is 0. The Balaban J connectivity index is 2.11. The van der Waals surface area contributed by atoms with Gasteiger partial charge >= 0.3 is 0 Å². The van der Waals surface area contributed by atoms with Crippen LogP contribution in [0, 0.1) is 0 Å². The Bertz CT molecular complexity index is 241. The van der Waals surface area contributed by atoms with Gasteiger partial charge in [0.2, 0.25) is 0 Å². The third-order valence-electron chi connectivity index (χ3n) is 1.71. The number of aromatic nitrogens is 2. The van der Waals surface area contributed by atoms with Gasteiger partial charge < -0.3 is 4.90 Å². The number of thioether (sulfide) groups is 1. The van der Waals surface area contributed by atoms with Crippen molar-refractivity contribution in [2.24, 2.45) is 0 Å². The Kier molecular flexibility index (Phi) is 2.73. The highest BCUT2D eigenvalue weighted by Gasteiger charge is 2.22. The molecule has 1 aromatic heterocycles. The van der Waals surface area contributed by atoms with E-state index in [1.165, 1.54) is 11.5 Å². The van der Waals surface area contributed by atoms with Gasteiger partial charge in [-0.2, -0.15) is 11.8 Å². The van der Waals surface area contributed by atoms with Gasteiger partial charge in [-0.25, -0.2) is 0 Å². The van der Waals surface area contributed by atoms with Crippen molar-refractivity contribution in [1.29, 1.82) is 0 Å². The van der Waals surface area contributed by atoms with Crippen LogP contribution in [0.3, 0.4) is 0 Å². The van der Waals surface area contributed by atoms with E-state index in [4.69, 9.17) is 11.6 Å². The van der Waals surface area contributed by atoms with Crippen molar-refractivity contribution in [3.63, 3.8) is 0 Å². The van der Waals surface area contributed by atoms with Crippen LogP contribution in [0.25, 0.3) is 0 Å². The summed E-state index contributed by atoms with van der Waals surface area (Å²) in [5.41, 5.74) is 0.0765. The minimum Gasteiger partial charge on any atom is -0.336 e. The molecule has 0 spiro atoms. The molecule has 0 bridgehead atoms. The fourth-order valence-corrected chi connectivity index (χ4v) is 2.90. The van der Waals surface area contributed by atoms with E-state index in [0.29, 0.717) is 0 Å². The van der Waals surface area contributed by atoms with E-state index >= 15 is 0 Å². The van der Waals surface area contributed by atoms with Gasteiger partial charge in [0, 0.05) is 18.1 Å². The lowest BCUT2D eigenvalue weighted by Crippen LogP contribution is -2.39. The van der Waals surface area contributed by atoms with Crippen molar-refractivity contribution in [2.45, 2.75) is 5.50 Å². The van der Waals surface area contributed by atoms with Gasteiger partial charge in [-0.15, -0.1) is 5.10 Å². The molecule has 0 N–H and O–H groups in total. The summed E-state index contributed by atoms with van der Waals surface area (Å²) in [6, 6.07) is 0. The predicted octanol–water partition coefficient (Wildman–Crippen LogP) is 1.66. The maximum atomic E-state index is 6.12. The van der Waals surface area contributed by atoms with Crippen LogP contribution in [0.4, 0.5) is 5.82 Å². The Morgan fingerprint density at radius 3 is 3.25 bits per heavy atom. The Hall–Kier alpha value is -0.000000000000000111. The summed E-state index contributed by atoms with van der Waals surface area (Å²) in [5.74, 6) is 3.01. The third-order valence-corrected chi connectivity index (χ3v) is 3.80. The molecule has 1 aliphatic heterocycles. The van der Waals surface area contributed by atoms with Crippen LogP contribution in [-0.2, 0) is 0 Å². The molecule has 2 heterocycles. The maximum absolute atomic E-state index is 6.12. The lowest BCUT2D eigenvalue weighted by Gasteiger charge is -2.30. The zero-order valence-corrected chi connectivity index (χ0v) is 8.70. The number of hydrogen-bond acceptors (Lipinski definition) is 5. The van der Waals surface area contributed by atoms with Crippen molar-refractivity contribution in [1.82, 2.24) is 9.59 Å². The molecule has 6 heteroatoms. The van der Waals surface area contributed by atoms with E-state index in [0.717, 1.165) is 23.9 Å². The van der Waals surface area contributed by atoms with Crippen molar-refractivity contribution < 1.29 is 0 Å². The van der Waals surface area contributed by atoms with E-state index in [2.05, 4.69) is 14.5 Å². The monoisotopic (exact) mass is 221 g/mol. The molecule has 1 unspecified atom stereocenters. The second-order valence-corrected chi connectivity index (χ2v) is 4.73. The second kappa shape index (κ2) is 3.81. The predicted molar refractivity (Wildman–Crippen MR) is 54.2 cm³/mol. The molecular weight excluding hydrogens is 214 g/mol. The topological polar surface area (TPSA) is 29.0 Å². The van der Waals surface area contributed by atoms with Crippen LogP contribution >= 0.6 is 34.9 Å². The zero-order valence-electron chi connectivity index (χ0n) is 6.31. The largest absolute Gasteiger partial charge is 0.336 e. The van der Waals surface area contributed by atoms with Gasteiger partial charge in [0.15, 0.2) is 5.82 Å². The molecule has 1 aromatic rings. The normalized spacial score (nSPS) is 24.4. The van der Waals surface area contributed by atoms with E-state index < -0.39 is 0 Å². The summed E-state index contributed by atoms with van der Waals surface area (Å²) in [5, 5.41) is 5.93. The molecular formula is C6H8ClN3S2. The molecule has 0 saturated carbocycles. The lowest BCUT2D eigenvalue weighted by atomic mass is 10.5. The van der Waals surface area contributed by atoms with Crippen LogP contribution in [-0.4, -0.2) is 33.1 Å². The van der Waals surface area contributed by atoms with Crippen molar-refractivity contribution in [3.8, 4) is 0 Å². The quantitative estimate of drug-likeness (QED) is 0.533. The number of anilines is 1. The molecule has 1 saturated heterocycles. The minimum atomic E-state index is 0.0765. The number of rotatable bonds is 1. The van der Waals surface area contributed by atoms with Crippen molar-refractivity contribution in [3.05, 3.63) is 5.38 Å². The SMILES string of the molecule is ClC1CSCCN1c1csnn1. The fourth-order valence-electron chi connectivity index (χ4n) is 1.12. The van der Waals surface area contributed by atoms with Crippen LogP contribution in [0.1, 0.15) is 0 Å². The Morgan fingerprint density at radius 2 is 2.58 bits per heavy atom. The average Bonchev–Trinajstić information content (AvgIpc) is 2.57. The van der Waals surface area contributed by atoms with Crippen LogP contribution in [0.15, 0.2) is 5.38 Å². The maximum Gasteiger partial charge on any atom is 0.165 e. The number of halogens is 1. The van der Waals surface area contributed by atoms with Crippen LogP contribution in [0.5, 0.6) is 0 Å². The van der Waals surface area contributed by atoms with E-state index in [1.54, 1.807) is 0 Å². The van der Waals surface area contributed by atoms with Gasteiger partial charge in [-0.05, 0) is 11.5 Å². The first-order chi connectivity index (χ1) is 5.88. The first-order valence-electron chi connectivity index (χ1n) is 3.63. The molecule has 0 radical (unpaired) electrons. The van der Waals surface area contributed by atoms with Gasteiger partial charge in [0.05, 0.1) is 5.38 Å². The molecule has 0 aliphatic carbocycles. The number of hydrogen-bond donors (Lipinski definition) is 0. The molecule has 1 atom stereocenters. The molecule has 12 heavy (non-hydrogen) atoms. The Labute approximate surface area is 84.3 Å². The summed E-state index contributed by atoms with van der Waals surface area (Å²) in [4.78, 5) is 2.10. The lowest BCUT2D eigenvalue weighted by molar-refractivity contribution is 0.788. The molecule has 0 amide bonds. The van der Waals surface area contributed by atoms with Gasteiger partial charge in [-0.3, -0.25) is 0 Å². The van der Waals surface area contributed by atoms with Crippen molar-refractivity contribution >= 4 is 40.7 Å². The third kappa shape index (κ3) is 1.67. The van der Waals surface area contributed by atoms with Crippen LogP contribution < -0.4 is 4.90 Å². The van der Waals surface area contributed by atoms with Gasteiger partial charge in [0.1, 0.15) is 5.50 Å². The first kappa shape index (κ1) is 8.59. The number of alkyl halides is 1. The van der Waals surface area contributed by atoms with E-state index in [1.807, 2.05) is 17.1 Å². The summed E-state index contributed by atoms with van der Waals surface area (Å²) in [6.45, 7) is 0.976. The summed E-state index contributed by atoms with van der Waals surface area (Å²) in [7, 11) is 0. The molecule has 1 fully saturated rings. The average molecular weight is 222 g/mol. The Morgan fingerprint density at radius 1 is 1.67 bits per heavy atom. The van der Waals surface area contributed by atoms with Crippen molar-refractivity contribution in [2.75, 3.05) is 23.0 Å². The first-order valence-corrected chi connectivity index (χ1v) is 6.06. The zero-order chi connectivity index (χ0) is 8.39. The molecule has 1 aliphatic rings. The summed E-state index contributed by atoms with van der Waals surface area (Å²) >= 11 is 9.37. The highest BCUT2D eigenvalue weighted by molar-refractivity contribution is 7.99.